The molecular weight excluding hydrogens is 288 g/mol. The highest BCUT2D eigenvalue weighted by Crippen LogP contribution is 2.55. The molecule has 0 heterocycles. The number of fused-ring (bicyclic) bond motifs is 2. The lowest BCUT2D eigenvalue weighted by atomic mass is 9.69. The minimum absolute atomic E-state index is 0.0816. The molecule has 0 saturated heterocycles. The monoisotopic (exact) mass is 320 g/mol. The average molecular weight is 320 g/mol. The molecule has 1 saturated carbocycles. The Morgan fingerprint density at radius 2 is 2.00 bits per heavy atom. The molecule has 0 aromatic carbocycles. The highest BCUT2D eigenvalue weighted by Gasteiger charge is 2.49. The molecule has 0 aromatic rings. The summed E-state index contributed by atoms with van der Waals surface area (Å²) in [6.45, 7) is 8.60. The number of rotatable bonds is 2. The Labute approximate surface area is 140 Å². The van der Waals surface area contributed by atoms with Gasteiger partial charge in [0.15, 0.2) is 0 Å². The molecule has 0 spiro atoms. The number of hydrogen-bond donors (Lipinski definition) is 3. The zero-order chi connectivity index (χ0) is 17.0. The lowest BCUT2D eigenvalue weighted by molar-refractivity contribution is 0.0183. The maximum absolute atomic E-state index is 10.9. The Morgan fingerprint density at radius 3 is 2.61 bits per heavy atom. The van der Waals surface area contributed by atoms with E-state index in [4.69, 9.17) is 0 Å². The second kappa shape index (κ2) is 5.72. The number of aliphatic hydroxyl groups excluding tert-OH is 2. The van der Waals surface area contributed by atoms with Gasteiger partial charge in [0.05, 0.1) is 12.7 Å². The first-order chi connectivity index (χ1) is 10.7. The van der Waals surface area contributed by atoms with Gasteiger partial charge in [-0.1, -0.05) is 44.9 Å². The third kappa shape index (κ3) is 2.61. The summed E-state index contributed by atoms with van der Waals surface area (Å²) in [4.78, 5) is 0. The molecule has 23 heavy (non-hydrogen) atoms. The molecule has 0 bridgehead atoms. The quantitative estimate of drug-likeness (QED) is 0.685. The highest BCUT2D eigenvalue weighted by atomic mass is 16.3. The van der Waals surface area contributed by atoms with Crippen LogP contribution in [0, 0.1) is 23.2 Å². The predicted octanol–water partition coefficient (Wildman–Crippen LogP) is 3.20. The first kappa shape index (κ1) is 17.2. The lowest BCUT2D eigenvalue weighted by Crippen LogP contribution is -2.38. The maximum atomic E-state index is 10.9. The summed E-state index contributed by atoms with van der Waals surface area (Å²) in [7, 11) is 0. The van der Waals surface area contributed by atoms with Crippen LogP contribution in [0.2, 0.25) is 0 Å². The van der Waals surface area contributed by atoms with Crippen molar-refractivity contribution in [3.63, 3.8) is 0 Å². The molecule has 3 aliphatic carbocycles. The molecule has 5 atom stereocenters. The summed E-state index contributed by atoms with van der Waals surface area (Å²) >= 11 is 0. The molecule has 0 unspecified atom stereocenters. The minimum Gasteiger partial charge on any atom is -0.393 e. The fourth-order valence-electron chi connectivity index (χ4n) is 5.23. The molecule has 1 fully saturated rings. The van der Waals surface area contributed by atoms with Gasteiger partial charge in [0.25, 0.3) is 0 Å². The standard InChI is InChI=1S/C20H32O3/c1-12(2)14-5-7-19(4)10-17-15(6-8-20(17,23)11-21)13(3)18(22)9-16(14)19/h10,12-13,15,18,21-23H,5-9,11H2,1-4H3/b17-10+/t13-,15+,18+,19-,20+/m1/s1. The normalized spacial score (nSPS) is 46.3. The lowest BCUT2D eigenvalue weighted by Gasteiger charge is -2.38. The van der Waals surface area contributed by atoms with Crippen LogP contribution in [0.5, 0.6) is 0 Å². The van der Waals surface area contributed by atoms with Crippen LogP contribution in [0.1, 0.15) is 59.8 Å². The number of aliphatic hydroxyl groups is 3. The Hall–Kier alpha value is -0.640. The van der Waals surface area contributed by atoms with E-state index < -0.39 is 5.60 Å². The van der Waals surface area contributed by atoms with Crippen LogP contribution < -0.4 is 0 Å². The average Bonchev–Trinajstić information content (AvgIpc) is 2.98. The van der Waals surface area contributed by atoms with Gasteiger partial charge < -0.3 is 15.3 Å². The predicted molar refractivity (Wildman–Crippen MR) is 91.8 cm³/mol. The van der Waals surface area contributed by atoms with E-state index in [2.05, 4.69) is 33.8 Å². The van der Waals surface area contributed by atoms with Crippen molar-refractivity contribution >= 4 is 0 Å². The molecule has 130 valence electrons. The first-order valence-electron chi connectivity index (χ1n) is 9.19. The summed E-state index contributed by atoms with van der Waals surface area (Å²) in [5.74, 6) is 0.805. The maximum Gasteiger partial charge on any atom is 0.109 e. The van der Waals surface area contributed by atoms with Crippen LogP contribution in [0.3, 0.4) is 0 Å². The van der Waals surface area contributed by atoms with Crippen LogP contribution in [0.15, 0.2) is 22.8 Å². The van der Waals surface area contributed by atoms with Gasteiger partial charge in [0, 0.05) is 5.41 Å². The van der Waals surface area contributed by atoms with Crippen molar-refractivity contribution in [2.75, 3.05) is 6.61 Å². The Bertz CT molecular complexity index is 547. The Morgan fingerprint density at radius 1 is 1.30 bits per heavy atom. The largest absolute Gasteiger partial charge is 0.393 e. The summed E-state index contributed by atoms with van der Waals surface area (Å²) in [6.07, 6.45) is 6.24. The molecule has 3 nitrogen and oxygen atoms in total. The van der Waals surface area contributed by atoms with E-state index in [1.807, 2.05) is 0 Å². The third-order valence-electron chi connectivity index (χ3n) is 6.88. The molecule has 3 rings (SSSR count). The number of hydrogen-bond acceptors (Lipinski definition) is 3. The van der Waals surface area contributed by atoms with Crippen molar-refractivity contribution in [2.24, 2.45) is 23.2 Å². The molecule has 0 aromatic heterocycles. The van der Waals surface area contributed by atoms with E-state index in [0.29, 0.717) is 12.3 Å². The number of allylic oxidation sites excluding steroid dienone is 2. The second-order valence-electron chi connectivity index (χ2n) is 8.64. The van der Waals surface area contributed by atoms with E-state index in [9.17, 15) is 15.3 Å². The first-order valence-corrected chi connectivity index (χ1v) is 9.19. The van der Waals surface area contributed by atoms with Gasteiger partial charge >= 0.3 is 0 Å². The van der Waals surface area contributed by atoms with Gasteiger partial charge in [0.2, 0.25) is 0 Å². The van der Waals surface area contributed by atoms with Crippen molar-refractivity contribution in [1.82, 2.24) is 0 Å². The van der Waals surface area contributed by atoms with Crippen LogP contribution in [-0.2, 0) is 0 Å². The van der Waals surface area contributed by atoms with E-state index in [1.54, 1.807) is 0 Å². The zero-order valence-corrected chi connectivity index (χ0v) is 15.0. The topological polar surface area (TPSA) is 60.7 Å². The van der Waals surface area contributed by atoms with E-state index >= 15 is 0 Å². The van der Waals surface area contributed by atoms with E-state index in [0.717, 1.165) is 31.3 Å². The molecule has 0 amide bonds. The Kier molecular flexibility index (Phi) is 4.27. The summed E-state index contributed by atoms with van der Waals surface area (Å²) in [5, 5.41) is 31.5. The van der Waals surface area contributed by atoms with Crippen molar-refractivity contribution < 1.29 is 15.3 Å². The molecule has 3 aliphatic rings. The zero-order valence-electron chi connectivity index (χ0n) is 15.0. The Balaban J connectivity index is 2.15. The van der Waals surface area contributed by atoms with Gasteiger partial charge in [-0.3, -0.25) is 0 Å². The molecule has 3 heteroatoms. The van der Waals surface area contributed by atoms with Gasteiger partial charge in [-0.15, -0.1) is 0 Å². The second-order valence-corrected chi connectivity index (χ2v) is 8.64. The van der Waals surface area contributed by atoms with E-state index in [1.165, 1.54) is 11.1 Å². The summed E-state index contributed by atoms with van der Waals surface area (Å²) < 4.78 is 0. The van der Waals surface area contributed by atoms with Gasteiger partial charge in [-0.05, 0) is 55.4 Å². The van der Waals surface area contributed by atoms with Crippen LogP contribution in [0.25, 0.3) is 0 Å². The smallest absolute Gasteiger partial charge is 0.109 e. The van der Waals surface area contributed by atoms with Crippen molar-refractivity contribution in [3.8, 4) is 0 Å². The molecule has 0 aliphatic heterocycles. The molecule has 3 N–H and O–H groups in total. The van der Waals surface area contributed by atoms with Crippen LogP contribution in [-0.4, -0.2) is 33.6 Å². The molecular formula is C20H32O3. The highest BCUT2D eigenvalue weighted by molar-refractivity contribution is 5.40. The summed E-state index contributed by atoms with van der Waals surface area (Å²) in [5.41, 5.74) is 2.67. The van der Waals surface area contributed by atoms with E-state index in [-0.39, 0.29) is 30.0 Å². The SMILES string of the molecule is CC(C)C1=C2C[C@H](O)[C@H](C)[C@@H]3CC[C@](O)(CO)/C3=C/[C@@]2(C)CC1. The summed E-state index contributed by atoms with van der Waals surface area (Å²) in [6, 6.07) is 0. The van der Waals surface area contributed by atoms with Crippen molar-refractivity contribution in [1.29, 1.82) is 0 Å². The molecule has 0 radical (unpaired) electrons. The van der Waals surface area contributed by atoms with Crippen LogP contribution >= 0.6 is 0 Å². The minimum atomic E-state index is -1.09. The van der Waals surface area contributed by atoms with Crippen LogP contribution in [0.4, 0.5) is 0 Å². The third-order valence-corrected chi connectivity index (χ3v) is 6.88. The fourth-order valence-corrected chi connectivity index (χ4v) is 5.23. The van der Waals surface area contributed by atoms with Crippen molar-refractivity contribution in [3.05, 3.63) is 22.8 Å². The van der Waals surface area contributed by atoms with Gasteiger partial charge in [0.1, 0.15) is 5.60 Å². The fraction of sp³-hybridized carbons (Fsp3) is 0.800. The van der Waals surface area contributed by atoms with Gasteiger partial charge in [-0.2, -0.15) is 0 Å². The van der Waals surface area contributed by atoms with Gasteiger partial charge in [-0.25, -0.2) is 0 Å². The van der Waals surface area contributed by atoms with Crippen molar-refractivity contribution in [2.45, 2.75) is 71.5 Å².